The Balaban J connectivity index is 1.43. The molecule has 2 heterocycles. The largest absolute Gasteiger partial charge is 0.416 e. The quantitative estimate of drug-likeness (QED) is 0.352. The molecule has 0 aliphatic carbocycles. The van der Waals surface area contributed by atoms with Crippen LogP contribution in [-0.4, -0.2) is 36.3 Å². The van der Waals surface area contributed by atoms with E-state index in [1.165, 1.54) is 23.5 Å². The van der Waals surface area contributed by atoms with Crippen LogP contribution in [0, 0.1) is 0 Å². The van der Waals surface area contributed by atoms with Gasteiger partial charge in [-0.25, -0.2) is 4.98 Å². The second-order valence-corrected chi connectivity index (χ2v) is 8.72. The first-order chi connectivity index (χ1) is 15.8. The first-order valence-electron chi connectivity index (χ1n) is 10.3. The van der Waals surface area contributed by atoms with Gasteiger partial charge in [-0.1, -0.05) is 35.6 Å². The Hall–Kier alpha value is -3.01. The molecule has 0 spiro atoms. The molecule has 172 valence electrons. The molecule has 0 saturated heterocycles. The molecule has 0 aliphatic heterocycles. The maximum absolute atomic E-state index is 12.9. The zero-order chi connectivity index (χ0) is 23.4. The van der Waals surface area contributed by atoms with Gasteiger partial charge in [0.05, 0.1) is 17.0 Å². The van der Waals surface area contributed by atoms with Crippen LogP contribution in [0.25, 0.3) is 21.2 Å². The van der Waals surface area contributed by atoms with E-state index < -0.39 is 11.7 Å². The first-order valence-corrected chi connectivity index (χ1v) is 11.1. The summed E-state index contributed by atoms with van der Waals surface area (Å²) in [6.07, 6.45) is 1.03. The molecule has 33 heavy (non-hydrogen) atoms. The lowest BCUT2D eigenvalue weighted by Gasteiger charge is -2.24. The molecule has 4 rings (SSSR count). The third kappa shape index (κ3) is 5.50. The van der Waals surface area contributed by atoms with Gasteiger partial charge in [-0.2, -0.15) is 13.2 Å². The number of fused-ring (bicyclic) bond motifs is 1. The molecule has 0 amide bonds. The van der Waals surface area contributed by atoms with Crippen LogP contribution in [-0.2, 0) is 10.9 Å². The number of nitrogens with two attached hydrogens (primary N) is 1. The van der Waals surface area contributed by atoms with Crippen molar-refractivity contribution >= 4 is 27.2 Å². The summed E-state index contributed by atoms with van der Waals surface area (Å²) >= 11 is 1.51. The Kier molecular flexibility index (Phi) is 6.92. The molecule has 0 radical (unpaired) electrons. The number of methoxy groups -OCH3 is 1. The molecule has 5 nitrogen and oxygen atoms in total. The second kappa shape index (κ2) is 9.86. The third-order valence-electron chi connectivity index (χ3n) is 5.45. The summed E-state index contributed by atoms with van der Waals surface area (Å²) in [5, 5.41) is 6.15. The molecule has 3 N–H and O–H groups in total. The normalized spacial score (nSPS) is 13.7. The highest BCUT2D eigenvalue weighted by Crippen LogP contribution is 2.32. The molecule has 0 aliphatic rings. The minimum Gasteiger partial charge on any atom is -0.384 e. The standard InChI is InChI=1S/C24H23F3N4OS/c1-32-14-20(15-4-6-19(7-5-15)24(25,26)27)21(28)12-30-23-31-13-22(33-23)17-2-3-18-11-29-9-8-16(18)10-17/h2-11,13,20-21H,12,14,28H2,1H3,(H,30,31)/t20-,21-/m0/s1. The molecule has 2 atom stereocenters. The van der Waals surface area contributed by atoms with E-state index >= 15 is 0 Å². The van der Waals surface area contributed by atoms with Crippen molar-refractivity contribution in [2.45, 2.75) is 18.1 Å². The molecule has 0 saturated carbocycles. The van der Waals surface area contributed by atoms with Crippen LogP contribution in [0.1, 0.15) is 17.0 Å². The molecule has 0 fully saturated rings. The van der Waals surface area contributed by atoms with Crippen molar-refractivity contribution in [2.75, 3.05) is 25.6 Å². The number of rotatable bonds is 8. The summed E-state index contributed by atoms with van der Waals surface area (Å²) < 4.78 is 43.9. The highest BCUT2D eigenvalue weighted by molar-refractivity contribution is 7.18. The number of hydrogen-bond donors (Lipinski definition) is 2. The first kappa shape index (κ1) is 23.2. The number of alkyl halides is 3. The van der Waals surface area contributed by atoms with Gasteiger partial charge in [0, 0.05) is 49.6 Å². The topological polar surface area (TPSA) is 73.1 Å². The maximum Gasteiger partial charge on any atom is 0.416 e. The summed E-state index contributed by atoms with van der Waals surface area (Å²) in [5.41, 5.74) is 7.47. The minimum absolute atomic E-state index is 0.265. The molecule has 2 aromatic heterocycles. The number of nitrogens with one attached hydrogen (secondary N) is 1. The molecule has 9 heteroatoms. The lowest BCUT2D eigenvalue weighted by molar-refractivity contribution is -0.137. The van der Waals surface area contributed by atoms with Gasteiger partial charge >= 0.3 is 6.18 Å². The van der Waals surface area contributed by atoms with Gasteiger partial charge in [0.15, 0.2) is 5.13 Å². The van der Waals surface area contributed by atoms with E-state index in [-0.39, 0.29) is 12.0 Å². The van der Waals surface area contributed by atoms with Gasteiger partial charge in [-0.05, 0) is 40.8 Å². The fraction of sp³-hybridized carbons (Fsp3) is 0.250. The molecular formula is C24H23F3N4OS. The number of ether oxygens (including phenoxy) is 1. The SMILES string of the molecule is COC[C@@H](c1ccc(C(F)(F)F)cc1)[C@@H](N)CNc1ncc(-c2ccc3cnccc3c2)s1. The Morgan fingerprint density at radius 2 is 1.85 bits per heavy atom. The van der Waals surface area contributed by atoms with E-state index in [1.807, 2.05) is 30.6 Å². The molecule has 4 aromatic rings. The van der Waals surface area contributed by atoms with Gasteiger partial charge in [0.25, 0.3) is 0 Å². The van der Waals surface area contributed by atoms with E-state index in [4.69, 9.17) is 10.5 Å². The van der Waals surface area contributed by atoms with E-state index in [0.717, 1.165) is 38.5 Å². The van der Waals surface area contributed by atoms with E-state index in [0.29, 0.717) is 18.7 Å². The summed E-state index contributed by atoms with van der Waals surface area (Å²) in [7, 11) is 1.55. The third-order valence-corrected chi connectivity index (χ3v) is 6.45. The van der Waals surface area contributed by atoms with E-state index in [1.54, 1.807) is 13.3 Å². The molecule has 0 unspecified atom stereocenters. The maximum atomic E-state index is 12.9. The number of halogens is 3. The van der Waals surface area contributed by atoms with Crippen molar-refractivity contribution in [3.05, 3.63) is 78.2 Å². The predicted molar refractivity (Wildman–Crippen MR) is 125 cm³/mol. The number of benzene rings is 2. The van der Waals surface area contributed by atoms with Gasteiger partial charge in [0.1, 0.15) is 0 Å². The highest BCUT2D eigenvalue weighted by atomic mass is 32.1. The fourth-order valence-corrected chi connectivity index (χ4v) is 4.46. The van der Waals surface area contributed by atoms with E-state index in [9.17, 15) is 13.2 Å². The van der Waals surface area contributed by atoms with Crippen LogP contribution < -0.4 is 11.1 Å². The van der Waals surface area contributed by atoms with Crippen LogP contribution in [0.15, 0.2) is 67.1 Å². The number of thiazole rings is 1. The summed E-state index contributed by atoms with van der Waals surface area (Å²) in [4.78, 5) is 9.59. The number of pyridine rings is 1. The van der Waals surface area contributed by atoms with E-state index in [2.05, 4.69) is 21.4 Å². The second-order valence-electron chi connectivity index (χ2n) is 7.69. The van der Waals surface area contributed by atoms with Crippen molar-refractivity contribution < 1.29 is 17.9 Å². The summed E-state index contributed by atoms with van der Waals surface area (Å²) in [6.45, 7) is 0.689. The molecule has 2 aromatic carbocycles. The highest BCUT2D eigenvalue weighted by Gasteiger charge is 2.30. The number of hydrogen-bond acceptors (Lipinski definition) is 6. The van der Waals surface area contributed by atoms with Gasteiger partial charge in [-0.3, -0.25) is 4.98 Å². The average molecular weight is 473 g/mol. The Labute approximate surface area is 193 Å². The number of anilines is 1. The molecule has 0 bridgehead atoms. The van der Waals surface area contributed by atoms with Crippen LogP contribution in [0.2, 0.25) is 0 Å². The lowest BCUT2D eigenvalue weighted by atomic mass is 9.92. The zero-order valence-corrected chi connectivity index (χ0v) is 18.7. The van der Waals surface area contributed by atoms with Crippen molar-refractivity contribution in [3.8, 4) is 10.4 Å². The summed E-state index contributed by atoms with van der Waals surface area (Å²) in [6, 6.07) is 12.8. The van der Waals surface area contributed by atoms with Crippen molar-refractivity contribution in [1.82, 2.24) is 9.97 Å². The average Bonchev–Trinajstić information content (AvgIpc) is 3.29. The smallest absolute Gasteiger partial charge is 0.384 e. The van der Waals surface area contributed by atoms with Gasteiger partial charge in [0.2, 0.25) is 0 Å². The number of aromatic nitrogens is 2. The Morgan fingerprint density at radius 3 is 2.58 bits per heavy atom. The number of nitrogens with zero attached hydrogens (tertiary/aromatic N) is 2. The summed E-state index contributed by atoms with van der Waals surface area (Å²) in [5.74, 6) is -0.265. The Bertz CT molecular complexity index is 1210. The van der Waals surface area contributed by atoms with Gasteiger partial charge in [-0.15, -0.1) is 0 Å². The van der Waals surface area contributed by atoms with Crippen LogP contribution >= 0.6 is 11.3 Å². The predicted octanol–water partition coefficient (Wildman–Crippen LogP) is 5.55. The van der Waals surface area contributed by atoms with Crippen LogP contribution in [0.4, 0.5) is 18.3 Å². The van der Waals surface area contributed by atoms with Crippen molar-refractivity contribution in [2.24, 2.45) is 5.73 Å². The minimum atomic E-state index is -4.37. The van der Waals surface area contributed by atoms with Crippen molar-refractivity contribution in [1.29, 1.82) is 0 Å². The molecular weight excluding hydrogens is 449 g/mol. The lowest BCUT2D eigenvalue weighted by Crippen LogP contribution is -2.37. The van der Waals surface area contributed by atoms with Gasteiger partial charge < -0.3 is 15.8 Å². The van der Waals surface area contributed by atoms with Crippen LogP contribution in [0.5, 0.6) is 0 Å². The van der Waals surface area contributed by atoms with Crippen molar-refractivity contribution in [3.63, 3.8) is 0 Å². The van der Waals surface area contributed by atoms with Crippen LogP contribution in [0.3, 0.4) is 0 Å². The monoisotopic (exact) mass is 472 g/mol. The Morgan fingerprint density at radius 1 is 1.06 bits per heavy atom. The fourth-order valence-electron chi connectivity index (χ4n) is 3.64. The zero-order valence-electron chi connectivity index (χ0n) is 17.8.